The summed E-state index contributed by atoms with van der Waals surface area (Å²) in [5, 5.41) is 66.2. The Bertz CT molecular complexity index is 341. The molecule has 0 saturated carbocycles. The zero-order chi connectivity index (χ0) is 15.7. The molecule has 21 heavy (non-hydrogen) atoms. The minimum Gasteiger partial charge on any atom is -0.388 e. The molecule has 0 unspecified atom stereocenters. The highest BCUT2D eigenvalue weighted by atomic mass is 16.7. The van der Waals surface area contributed by atoms with Crippen LogP contribution in [0.15, 0.2) is 0 Å². The Balaban J connectivity index is 1.88. The lowest BCUT2D eigenvalue weighted by Crippen LogP contribution is -2.59. The summed E-state index contributed by atoms with van der Waals surface area (Å²) in [5.74, 6) is 0. The third-order valence-electron chi connectivity index (χ3n) is 3.57. The molecule has 0 bridgehead atoms. The third kappa shape index (κ3) is 3.51. The second-order valence-electron chi connectivity index (χ2n) is 5.12. The average Bonchev–Trinajstić information content (AvgIpc) is 2.46. The molecular weight excluding hydrogens is 292 g/mol. The van der Waals surface area contributed by atoms with Gasteiger partial charge in [0.05, 0.1) is 13.2 Å². The molecule has 2 rings (SSSR count). The summed E-state index contributed by atoms with van der Waals surface area (Å²) in [6.07, 6.45) is -13.1. The Hall–Kier alpha value is -0.400. The molecule has 2 aliphatic rings. The molecule has 7 N–H and O–H groups in total. The van der Waals surface area contributed by atoms with E-state index in [-0.39, 0.29) is 13.2 Å². The predicted molar refractivity (Wildman–Crippen MR) is 62.6 cm³/mol. The van der Waals surface area contributed by atoms with Gasteiger partial charge in [0.15, 0.2) is 12.6 Å². The normalized spacial score (nSPS) is 51.9. The second kappa shape index (κ2) is 6.79. The van der Waals surface area contributed by atoms with E-state index in [1.54, 1.807) is 0 Å². The van der Waals surface area contributed by atoms with Crippen LogP contribution in [0.2, 0.25) is 0 Å². The van der Waals surface area contributed by atoms with E-state index in [1.165, 1.54) is 0 Å². The first-order valence-electron chi connectivity index (χ1n) is 6.48. The maximum absolute atomic E-state index is 9.70. The largest absolute Gasteiger partial charge is 0.388 e. The molecule has 10 heteroatoms. The van der Waals surface area contributed by atoms with Gasteiger partial charge in [0.2, 0.25) is 0 Å². The summed E-state index contributed by atoms with van der Waals surface area (Å²) < 4.78 is 15.0. The predicted octanol–water partition coefficient (Wildman–Crippen LogP) is -4.76. The first-order valence-corrected chi connectivity index (χ1v) is 6.48. The van der Waals surface area contributed by atoms with Crippen LogP contribution < -0.4 is 0 Å². The lowest BCUT2D eigenvalue weighted by Gasteiger charge is -2.40. The maximum atomic E-state index is 9.70. The van der Waals surface area contributed by atoms with Gasteiger partial charge >= 0.3 is 0 Å². The van der Waals surface area contributed by atoms with Gasteiger partial charge in [0.1, 0.15) is 42.7 Å². The summed E-state index contributed by atoms with van der Waals surface area (Å²) in [6, 6.07) is 0. The van der Waals surface area contributed by atoms with Crippen LogP contribution in [-0.2, 0) is 14.2 Å². The van der Waals surface area contributed by atoms with Gasteiger partial charge in [-0.25, -0.2) is 0 Å². The van der Waals surface area contributed by atoms with Crippen molar-refractivity contribution < 1.29 is 50.0 Å². The van der Waals surface area contributed by atoms with Gasteiger partial charge in [-0.05, 0) is 0 Å². The lowest BCUT2D eigenvalue weighted by molar-refractivity contribution is -0.312. The monoisotopic (exact) mass is 312 g/mol. The SMILES string of the molecule is O[C@@H]1[C@@H](O)[C@H](CO[C@@H]2OC[C@@H](O)[C@@H](O)[C@H]2O)O[C@H](O)[C@H]1O. The summed E-state index contributed by atoms with van der Waals surface area (Å²) in [6.45, 7) is -0.631. The molecule has 0 amide bonds. The van der Waals surface area contributed by atoms with Crippen LogP contribution >= 0.6 is 0 Å². The van der Waals surface area contributed by atoms with Crippen molar-refractivity contribution in [1.82, 2.24) is 0 Å². The van der Waals surface area contributed by atoms with Crippen molar-refractivity contribution in [3.63, 3.8) is 0 Å². The van der Waals surface area contributed by atoms with Crippen LogP contribution in [0.4, 0.5) is 0 Å². The highest BCUT2D eigenvalue weighted by Crippen LogP contribution is 2.22. The van der Waals surface area contributed by atoms with Crippen molar-refractivity contribution in [2.24, 2.45) is 0 Å². The van der Waals surface area contributed by atoms with Crippen LogP contribution in [0.5, 0.6) is 0 Å². The van der Waals surface area contributed by atoms with Gasteiger partial charge in [-0.3, -0.25) is 0 Å². The molecule has 0 aliphatic carbocycles. The third-order valence-corrected chi connectivity index (χ3v) is 3.57. The maximum Gasteiger partial charge on any atom is 0.186 e. The zero-order valence-electron chi connectivity index (χ0n) is 11.0. The van der Waals surface area contributed by atoms with Gasteiger partial charge in [-0.1, -0.05) is 0 Å². The first kappa shape index (κ1) is 17.0. The minimum atomic E-state index is -1.69. The van der Waals surface area contributed by atoms with E-state index in [4.69, 9.17) is 14.2 Å². The summed E-state index contributed by atoms with van der Waals surface area (Å²) in [7, 11) is 0. The quantitative estimate of drug-likeness (QED) is 0.268. The van der Waals surface area contributed by atoms with E-state index in [2.05, 4.69) is 0 Å². The van der Waals surface area contributed by atoms with E-state index in [9.17, 15) is 35.7 Å². The number of hydrogen-bond acceptors (Lipinski definition) is 10. The minimum absolute atomic E-state index is 0.249. The van der Waals surface area contributed by atoms with Crippen LogP contribution in [0.25, 0.3) is 0 Å². The zero-order valence-corrected chi connectivity index (χ0v) is 11.0. The fraction of sp³-hybridized carbons (Fsp3) is 1.00. The summed E-state index contributed by atoms with van der Waals surface area (Å²) in [5.41, 5.74) is 0. The molecule has 2 fully saturated rings. The van der Waals surface area contributed by atoms with Crippen LogP contribution in [-0.4, -0.2) is 104 Å². The van der Waals surface area contributed by atoms with Crippen LogP contribution in [0.1, 0.15) is 0 Å². The summed E-state index contributed by atoms with van der Waals surface area (Å²) in [4.78, 5) is 0. The fourth-order valence-corrected chi connectivity index (χ4v) is 2.18. The van der Waals surface area contributed by atoms with E-state index < -0.39 is 55.3 Å². The van der Waals surface area contributed by atoms with Gasteiger partial charge in [-0.15, -0.1) is 0 Å². The van der Waals surface area contributed by atoms with E-state index in [1.807, 2.05) is 0 Å². The highest BCUT2D eigenvalue weighted by Gasteiger charge is 2.44. The standard InChI is InChI=1S/C11H20O10/c12-3-1-19-11(9(17)5(3)13)20-2-4-6(14)7(15)8(16)10(18)21-4/h3-18H,1-2H2/t3-,4+,5-,6+,7-,8+,9-,10+,11+/m1/s1. The summed E-state index contributed by atoms with van der Waals surface area (Å²) >= 11 is 0. The molecule has 0 aromatic heterocycles. The number of ether oxygens (including phenoxy) is 3. The van der Waals surface area contributed by atoms with E-state index in [0.29, 0.717) is 0 Å². The van der Waals surface area contributed by atoms with E-state index >= 15 is 0 Å². The average molecular weight is 312 g/mol. The van der Waals surface area contributed by atoms with Gasteiger partial charge in [0.25, 0.3) is 0 Å². The molecule has 124 valence electrons. The Morgan fingerprint density at radius 2 is 1.48 bits per heavy atom. The second-order valence-corrected chi connectivity index (χ2v) is 5.12. The van der Waals surface area contributed by atoms with E-state index in [0.717, 1.165) is 0 Å². The van der Waals surface area contributed by atoms with Gasteiger partial charge in [-0.2, -0.15) is 0 Å². The van der Waals surface area contributed by atoms with Crippen molar-refractivity contribution in [2.45, 2.75) is 55.3 Å². The number of aliphatic hydroxyl groups excluding tert-OH is 7. The molecule has 0 radical (unpaired) electrons. The molecule has 9 atom stereocenters. The molecule has 2 heterocycles. The van der Waals surface area contributed by atoms with Gasteiger partial charge in [0, 0.05) is 0 Å². The van der Waals surface area contributed by atoms with Crippen molar-refractivity contribution in [2.75, 3.05) is 13.2 Å². The van der Waals surface area contributed by atoms with Crippen molar-refractivity contribution in [1.29, 1.82) is 0 Å². The lowest BCUT2D eigenvalue weighted by atomic mass is 9.99. The molecule has 2 aliphatic heterocycles. The highest BCUT2D eigenvalue weighted by molar-refractivity contribution is 4.89. The van der Waals surface area contributed by atoms with Gasteiger partial charge < -0.3 is 50.0 Å². The molecule has 0 spiro atoms. The number of rotatable bonds is 3. The molecule has 0 aromatic rings. The number of aliphatic hydroxyl groups is 7. The Labute approximate surface area is 119 Å². The Morgan fingerprint density at radius 3 is 2.14 bits per heavy atom. The Morgan fingerprint density at radius 1 is 0.810 bits per heavy atom. The smallest absolute Gasteiger partial charge is 0.186 e. The van der Waals surface area contributed by atoms with Crippen LogP contribution in [0, 0.1) is 0 Å². The topological polar surface area (TPSA) is 169 Å². The Kier molecular flexibility index (Phi) is 5.48. The fourth-order valence-electron chi connectivity index (χ4n) is 2.18. The van der Waals surface area contributed by atoms with Crippen molar-refractivity contribution >= 4 is 0 Å². The van der Waals surface area contributed by atoms with Crippen molar-refractivity contribution in [3.8, 4) is 0 Å². The molecule has 2 saturated heterocycles. The number of hydrogen-bond donors (Lipinski definition) is 7. The molecule has 10 nitrogen and oxygen atoms in total. The van der Waals surface area contributed by atoms with Crippen LogP contribution in [0.3, 0.4) is 0 Å². The van der Waals surface area contributed by atoms with Crippen molar-refractivity contribution in [3.05, 3.63) is 0 Å². The molecular formula is C11H20O10. The molecule has 0 aromatic carbocycles. The first-order chi connectivity index (χ1) is 9.82.